The molecule has 0 spiro atoms. The van der Waals surface area contributed by atoms with Crippen LogP contribution in [0.4, 0.5) is 4.39 Å². The maximum atomic E-state index is 13.0. The monoisotopic (exact) mass is 326 g/mol. The molecular weight excluding hydrogens is 311 g/mol. The van der Waals surface area contributed by atoms with Gasteiger partial charge in [0.2, 0.25) is 0 Å². The minimum absolute atomic E-state index is 0.240. The summed E-state index contributed by atoms with van der Waals surface area (Å²) in [6.45, 7) is 4.07. The highest BCUT2D eigenvalue weighted by Gasteiger charge is 2.16. The van der Waals surface area contributed by atoms with Gasteiger partial charge in [-0.05, 0) is 31.5 Å². The lowest BCUT2D eigenvalue weighted by Gasteiger charge is -2.17. The van der Waals surface area contributed by atoms with Crippen molar-refractivity contribution in [1.82, 2.24) is 9.55 Å². The van der Waals surface area contributed by atoms with E-state index in [4.69, 9.17) is 0 Å². The number of aliphatic hydroxyl groups is 1. The topological polar surface area (TPSA) is 38.0 Å². The Morgan fingerprint density at radius 1 is 1.42 bits per heavy atom. The minimum Gasteiger partial charge on any atom is -0.386 e. The highest BCUT2D eigenvalue weighted by Crippen LogP contribution is 2.25. The molecule has 2 aromatic rings. The van der Waals surface area contributed by atoms with E-state index >= 15 is 0 Å². The molecule has 0 aliphatic rings. The van der Waals surface area contributed by atoms with E-state index in [-0.39, 0.29) is 11.9 Å². The van der Waals surface area contributed by atoms with Gasteiger partial charge < -0.3 is 9.67 Å². The van der Waals surface area contributed by atoms with Gasteiger partial charge in [-0.2, -0.15) is 0 Å². The molecule has 0 radical (unpaired) electrons. The molecule has 5 heteroatoms. The van der Waals surface area contributed by atoms with Gasteiger partial charge >= 0.3 is 0 Å². The Morgan fingerprint density at radius 2 is 2.16 bits per heavy atom. The molecule has 19 heavy (non-hydrogen) atoms. The predicted molar refractivity (Wildman–Crippen MR) is 75.4 cm³/mol. The lowest BCUT2D eigenvalue weighted by Crippen LogP contribution is -2.11. The molecule has 0 saturated heterocycles. The van der Waals surface area contributed by atoms with Gasteiger partial charge in [0.1, 0.15) is 5.82 Å². The van der Waals surface area contributed by atoms with Gasteiger partial charge in [0.05, 0.1) is 24.3 Å². The Kier molecular flexibility index (Phi) is 4.37. The summed E-state index contributed by atoms with van der Waals surface area (Å²) in [6.07, 6.45) is 3.14. The molecule has 1 heterocycles. The van der Waals surface area contributed by atoms with Crippen molar-refractivity contribution in [3.63, 3.8) is 0 Å². The third-order valence-electron chi connectivity index (χ3n) is 3.02. The highest BCUT2D eigenvalue weighted by atomic mass is 79.9. The fourth-order valence-corrected chi connectivity index (χ4v) is 2.52. The quantitative estimate of drug-likeness (QED) is 0.931. The largest absolute Gasteiger partial charge is 0.386 e. The number of hydrogen-bond acceptors (Lipinski definition) is 2. The Balaban J connectivity index is 2.21. The maximum Gasteiger partial charge on any atom is 0.124 e. The molecule has 1 unspecified atom stereocenters. The van der Waals surface area contributed by atoms with Crippen molar-refractivity contribution in [2.24, 2.45) is 0 Å². The van der Waals surface area contributed by atoms with Crippen LogP contribution < -0.4 is 0 Å². The van der Waals surface area contributed by atoms with Crippen LogP contribution >= 0.6 is 15.9 Å². The van der Waals surface area contributed by atoms with E-state index in [2.05, 4.69) is 20.9 Å². The second-order valence-electron chi connectivity index (χ2n) is 4.78. The first kappa shape index (κ1) is 14.2. The smallest absolute Gasteiger partial charge is 0.124 e. The van der Waals surface area contributed by atoms with E-state index in [9.17, 15) is 9.50 Å². The first-order chi connectivity index (χ1) is 8.99. The predicted octanol–water partition coefficient (Wildman–Crippen LogP) is 3.64. The number of aromatic nitrogens is 2. The first-order valence-electron chi connectivity index (χ1n) is 6.12. The lowest BCUT2D eigenvalue weighted by atomic mass is 10.1. The summed E-state index contributed by atoms with van der Waals surface area (Å²) in [4.78, 5) is 4.07. The molecule has 2 rings (SSSR count). The van der Waals surface area contributed by atoms with Crippen LogP contribution in [0.15, 0.2) is 35.2 Å². The molecule has 1 atom stereocenters. The van der Waals surface area contributed by atoms with E-state index in [1.165, 1.54) is 12.1 Å². The molecule has 3 nitrogen and oxygen atoms in total. The molecule has 0 aliphatic carbocycles. The van der Waals surface area contributed by atoms with Gasteiger partial charge in [-0.3, -0.25) is 0 Å². The summed E-state index contributed by atoms with van der Waals surface area (Å²) < 4.78 is 15.6. The van der Waals surface area contributed by atoms with Crippen molar-refractivity contribution in [1.29, 1.82) is 0 Å². The van der Waals surface area contributed by atoms with Crippen LogP contribution in [-0.4, -0.2) is 14.7 Å². The van der Waals surface area contributed by atoms with E-state index in [0.29, 0.717) is 10.9 Å². The van der Waals surface area contributed by atoms with Gasteiger partial charge in [0.15, 0.2) is 0 Å². The summed E-state index contributed by atoms with van der Waals surface area (Å²) >= 11 is 3.31. The Labute approximate surface area is 120 Å². The summed E-state index contributed by atoms with van der Waals surface area (Å²) in [7, 11) is 0. The van der Waals surface area contributed by atoms with E-state index in [1.807, 2.05) is 18.4 Å². The number of nitrogens with zero attached hydrogens (tertiary/aromatic N) is 2. The lowest BCUT2D eigenvalue weighted by molar-refractivity contribution is 0.167. The molecule has 0 amide bonds. The summed E-state index contributed by atoms with van der Waals surface area (Å²) in [5, 5.41) is 10.3. The zero-order chi connectivity index (χ0) is 14.0. The third kappa shape index (κ3) is 3.22. The van der Waals surface area contributed by atoms with E-state index in [1.54, 1.807) is 18.6 Å². The standard InChI is InChI=1S/C14H16BrFN2O/c1-9(2)18-8-17-7-13(18)14(19)5-10-3-4-11(16)6-12(10)15/h3-4,6-9,14,19H,5H2,1-2H3. The third-order valence-corrected chi connectivity index (χ3v) is 3.76. The second-order valence-corrected chi connectivity index (χ2v) is 5.63. The van der Waals surface area contributed by atoms with Crippen LogP contribution in [0.2, 0.25) is 0 Å². The minimum atomic E-state index is -0.660. The van der Waals surface area contributed by atoms with Crippen LogP contribution in [0.3, 0.4) is 0 Å². The number of rotatable bonds is 4. The van der Waals surface area contributed by atoms with Crippen LogP contribution in [-0.2, 0) is 6.42 Å². The number of benzene rings is 1. The summed E-state index contributed by atoms with van der Waals surface area (Å²) in [5.74, 6) is -0.294. The number of imidazole rings is 1. The van der Waals surface area contributed by atoms with Crippen molar-refractivity contribution in [3.05, 3.63) is 52.3 Å². The fourth-order valence-electron chi connectivity index (χ4n) is 2.00. The number of hydrogen-bond donors (Lipinski definition) is 1. The van der Waals surface area contributed by atoms with Crippen molar-refractivity contribution in [3.8, 4) is 0 Å². The molecule has 102 valence electrons. The van der Waals surface area contributed by atoms with Gasteiger partial charge in [0.25, 0.3) is 0 Å². The van der Waals surface area contributed by atoms with Gasteiger partial charge in [-0.25, -0.2) is 9.37 Å². The first-order valence-corrected chi connectivity index (χ1v) is 6.92. The molecule has 0 aliphatic heterocycles. The Bertz CT molecular complexity index is 568. The SMILES string of the molecule is CC(C)n1cncc1C(O)Cc1ccc(F)cc1Br. The van der Waals surface area contributed by atoms with Crippen molar-refractivity contribution < 1.29 is 9.50 Å². The average Bonchev–Trinajstić information content (AvgIpc) is 2.82. The molecule has 0 bridgehead atoms. The second kappa shape index (κ2) is 5.84. The van der Waals surface area contributed by atoms with Gasteiger partial charge in [-0.1, -0.05) is 22.0 Å². The zero-order valence-electron chi connectivity index (χ0n) is 10.8. The normalized spacial score (nSPS) is 12.9. The van der Waals surface area contributed by atoms with Crippen LogP contribution in [0, 0.1) is 5.82 Å². The summed E-state index contributed by atoms with van der Waals surface area (Å²) in [6, 6.07) is 4.72. The molecule has 1 N–H and O–H groups in total. The van der Waals surface area contributed by atoms with Crippen LogP contribution in [0.25, 0.3) is 0 Å². The number of halogens is 2. The molecular formula is C14H16BrFN2O. The van der Waals surface area contributed by atoms with Crippen molar-refractivity contribution in [2.75, 3.05) is 0 Å². The number of aliphatic hydroxyl groups excluding tert-OH is 1. The van der Waals surface area contributed by atoms with Gasteiger partial charge in [-0.15, -0.1) is 0 Å². The van der Waals surface area contributed by atoms with Crippen LogP contribution in [0.5, 0.6) is 0 Å². The highest BCUT2D eigenvalue weighted by molar-refractivity contribution is 9.10. The van der Waals surface area contributed by atoms with Crippen LogP contribution in [0.1, 0.15) is 37.3 Å². The van der Waals surface area contributed by atoms with E-state index < -0.39 is 6.10 Å². The molecule has 1 aromatic heterocycles. The average molecular weight is 327 g/mol. The zero-order valence-corrected chi connectivity index (χ0v) is 12.4. The Hall–Kier alpha value is -1.20. The fraction of sp³-hybridized carbons (Fsp3) is 0.357. The van der Waals surface area contributed by atoms with Crippen molar-refractivity contribution in [2.45, 2.75) is 32.4 Å². The Morgan fingerprint density at radius 3 is 2.79 bits per heavy atom. The molecule has 0 saturated carbocycles. The maximum absolute atomic E-state index is 13.0. The molecule has 0 fully saturated rings. The molecule has 1 aromatic carbocycles. The van der Waals surface area contributed by atoms with Gasteiger partial charge in [0, 0.05) is 16.9 Å². The summed E-state index contributed by atoms with van der Waals surface area (Å²) in [5.41, 5.74) is 1.64. The van der Waals surface area contributed by atoms with Crippen molar-refractivity contribution >= 4 is 15.9 Å². The van der Waals surface area contributed by atoms with E-state index in [0.717, 1.165) is 11.3 Å².